The van der Waals surface area contributed by atoms with E-state index < -0.39 is 0 Å². The van der Waals surface area contributed by atoms with Crippen molar-refractivity contribution in [3.05, 3.63) is 20.8 Å². The van der Waals surface area contributed by atoms with Crippen molar-refractivity contribution in [2.24, 2.45) is 0 Å². The minimum absolute atomic E-state index is 0.203. The fraction of sp³-hybridized carbons (Fsp3) is 0.615. The molecule has 7 heteroatoms. The molecule has 0 atom stereocenters. The lowest BCUT2D eigenvalue weighted by Crippen LogP contribution is -2.26. The van der Waals surface area contributed by atoms with E-state index in [1.807, 2.05) is 27.7 Å². The standard InChI is InChI=1S/C13H20N4O3/c1-5-15-9-10(16(6-2)13(15)19)14-12(20-8-4)17(7-3)11(9)18/h5-8H2,1-4H3. The Balaban J connectivity index is 2.97. The Bertz CT molecular complexity index is 739. The van der Waals surface area contributed by atoms with Crippen molar-refractivity contribution < 1.29 is 4.74 Å². The Labute approximate surface area is 116 Å². The third kappa shape index (κ3) is 1.93. The summed E-state index contributed by atoms with van der Waals surface area (Å²) in [6.07, 6.45) is 0. The zero-order valence-electron chi connectivity index (χ0n) is 12.3. The highest BCUT2D eigenvalue weighted by Crippen LogP contribution is 2.12. The summed E-state index contributed by atoms with van der Waals surface area (Å²) < 4.78 is 9.85. The lowest BCUT2D eigenvalue weighted by atomic mass is 10.5. The molecule has 0 saturated heterocycles. The monoisotopic (exact) mass is 280 g/mol. The van der Waals surface area contributed by atoms with Crippen molar-refractivity contribution in [1.82, 2.24) is 18.7 Å². The van der Waals surface area contributed by atoms with Crippen molar-refractivity contribution in [2.45, 2.75) is 47.3 Å². The van der Waals surface area contributed by atoms with E-state index in [9.17, 15) is 9.59 Å². The molecule has 0 bridgehead atoms. The second-order valence-electron chi connectivity index (χ2n) is 4.32. The first kappa shape index (κ1) is 14.4. The van der Waals surface area contributed by atoms with E-state index in [2.05, 4.69) is 4.98 Å². The van der Waals surface area contributed by atoms with Crippen molar-refractivity contribution in [3.63, 3.8) is 0 Å². The first-order chi connectivity index (χ1) is 9.60. The maximum atomic E-state index is 12.6. The molecule has 2 aromatic heterocycles. The summed E-state index contributed by atoms with van der Waals surface area (Å²) in [5.74, 6) is 0. The Kier molecular flexibility index (Phi) is 3.96. The summed E-state index contributed by atoms with van der Waals surface area (Å²) >= 11 is 0. The van der Waals surface area contributed by atoms with Crippen LogP contribution in [0.1, 0.15) is 27.7 Å². The highest BCUT2D eigenvalue weighted by atomic mass is 16.5. The van der Waals surface area contributed by atoms with E-state index in [-0.39, 0.29) is 17.3 Å². The normalized spacial score (nSPS) is 11.2. The molecule has 0 N–H and O–H groups in total. The Morgan fingerprint density at radius 3 is 2.05 bits per heavy atom. The summed E-state index contributed by atoms with van der Waals surface area (Å²) in [5, 5.41) is 0. The van der Waals surface area contributed by atoms with Gasteiger partial charge in [0, 0.05) is 19.6 Å². The second-order valence-corrected chi connectivity index (χ2v) is 4.32. The molecule has 0 aliphatic rings. The van der Waals surface area contributed by atoms with Gasteiger partial charge in [0.15, 0.2) is 11.2 Å². The molecule has 110 valence electrons. The zero-order chi connectivity index (χ0) is 14.9. The summed E-state index contributed by atoms with van der Waals surface area (Å²) in [6.45, 7) is 9.16. The van der Waals surface area contributed by atoms with Crippen molar-refractivity contribution in [3.8, 4) is 6.01 Å². The summed E-state index contributed by atoms with van der Waals surface area (Å²) in [6, 6.07) is 0.267. The van der Waals surface area contributed by atoms with Gasteiger partial charge in [0.05, 0.1) is 6.61 Å². The quantitative estimate of drug-likeness (QED) is 0.813. The molecule has 2 aromatic rings. The van der Waals surface area contributed by atoms with Crippen molar-refractivity contribution >= 4 is 11.2 Å². The lowest BCUT2D eigenvalue weighted by molar-refractivity contribution is 0.291. The van der Waals surface area contributed by atoms with E-state index in [0.717, 1.165) is 0 Å². The molecular weight excluding hydrogens is 260 g/mol. The fourth-order valence-electron chi connectivity index (χ4n) is 2.37. The number of aromatic nitrogens is 4. The summed E-state index contributed by atoms with van der Waals surface area (Å²) in [7, 11) is 0. The number of hydrogen-bond acceptors (Lipinski definition) is 4. The Hall–Kier alpha value is -2.05. The van der Waals surface area contributed by atoms with Gasteiger partial charge in [-0.3, -0.25) is 18.5 Å². The maximum Gasteiger partial charge on any atom is 0.330 e. The number of nitrogens with zero attached hydrogens (tertiary/aromatic N) is 4. The fourth-order valence-corrected chi connectivity index (χ4v) is 2.37. The zero-order valence-corrected chi connectivity index (χ0v) is 12.3. The SMILES string of the molecule is CCOc1nc2c(c(=O)n1CC)n(CC)c(=O)n2CC. The first-order valence-corrected chi connectivity index (χ1v) is 6.97. The van der Waals surface area contributed by atoms with Crippen molar-refractivity contribution in [1.29, 1.82) is 0 Å². The minimum Gasteiger partial charge on any atom is -0.465 e. The van der Waals surface area contributed by atoms with Crippen LogP contribution in [0.25, 0.3) is 11.2 Å². The van der Waals surface area contributed by atoms with E-state index in [1.165, 1.54) is 13.7 Å². The van der Waals surface area contributed by atoms with Crippen LogP contribution in [0.2, 0.25) is 0 Å². The van der Waals surface area contributed by atoms with E-state index in [4.69, 9.17) is 4.74 Å². The minimum atomic E-state index is -0.230. The molecule has 2 rings (SSSR count). The number of imidazole rings is 1. The third-order valence-corrected chi connectivity index (χ3v) is 3.30. The third-order valence-electron chi connectivity index (χ3n) is 3.30. The first-order valence-electron chi connectivity index (χ1n) is 6.97. The largest absolute Gasteiger partial charge is 0.465 e. The van der Waals surface area contributed by atoms with Gasteiger partial charge in [-0.25, -0.2) is 4.79 Å². The highest BCUT2D eigenvalue weighted by molar-refractivity contribution is 5.71. The smallest absolute Gasteiger partial charge is 0.330 e. The van der Waals surface area contributed by atoms with E-state index in [0.29, 0.717) is 37.4 Å². The molecule has 0 aliphatic heterocycles. The molecule has 0 unspecified atom stereocenters. The van der Waals surface area contributed by atoms with Crippen LogP contribution in [0, 0.1) is 0 Å². The van der Waals surface area contributed by atoms with Crippen LogP contribution in [-0.4, -0.2) is 25.3 Å². The van der Waals surface area contributed by atoms with Crippen LogP contribution in [-0.2, 0) is 19.6 Å². The highest BCUT2D eigenvalue weighted by Gasteiger charge is 2.20. The van der Waals surface area contributed by atoms with Gasteiger partial charge >= 0.3 is 11.7 Å². The van der Waals surface area contributed by atoms with E-state index >= 15 is 0 Å². The average Bonchev–Trinajstić information content (AvgIpc) is 2.71. The molecule has 0 spiro atoms. The Morgan fingerprint density at radius 2 is 1.55 bits per heavy atom. The number of hydrogen-bond donors (Lipinski definition) is 0. The maximum absolute atomic E-state index is 12.6. The average molecular weight is 280 g/mol. The predicted molar refractivity (Wildman–Crippen MR) is 76.4 cm³/mol. The predicted octanol–water partition coefficient (Wildman–Crippen LogP) is 0.818. The van der Waals surface area contributed by atoms with Gasteiger partial charge < -0.3 is 4.74 Å². The molecule has 7 nitrogen and oxygen atoms in total. The molecule has 20 heavy (non-hydrogen) atoms. The topological polar surface area (TPSA) is 71.1 Å². The van der Waals surface area contributed by atoms with Crippen LogP contribution in [0.4, 0.5) is 0 Å². The number of aryl methyl sites for hydroxylation is 2. The van der Waals surface area contributed by atoms with Gasteiger partial charge in [-0.15, -0.1) is 0 Å². The Morgan fingerprint density at radius 1 is 0.950 bits per heavy atom. The van der Waals surface area contributed by atoms with Gasteiger partial charge in [-0.1, -0.05) is 0 Å². The van der Waals surface area contributed by atoms with Gasteiger partial charge in [-0.05, 0) is 27.7 Å². The molecule has 2 heterocycles. The van der Waals surface area contributed by atoms with Crippen molar-refractivity contribution in [2.75, 3.05) is 6.61 Å². The molecule has 0 aromatic carbocycles. The van der Waals surface area contributed by atoms with Crippen LogP contribution >= 0.6 is 0 Å². The molecule has 0 radical (unpaired) electrons. The molecular formula is C13H20N4O3. The van der Waals surface area contributed by atoms with Crippen LogP contribution in [0.5, 0.6) is 6.01 Å². The van der Waals surface area contributed by atoms with Gasteiger partial charge in [-0.2, -0.15) is 4.98 Å². The van der Waals surface area contributed by atoms with E-state index in [1.54, 1.807) is 0 Å². The lowest BCUT2D eigenvalue weighted by Gasteiger charge is -2.10. The molecule has 0 saturated carbocycles. The molecule has 0 amide bonds. The van der Waals surface area contributed by atoms with Crippen LogP contribution in [0.15, 0.2) is 9.59 Å². The summed E-state index contributed by atoms with van der Waals surface area (Å²) in [4.78, 5) is 29.2. The number of rotatable bonds is 5. The van der Waals surface area contributed by atoms with Gasteiger partial charge in [0.2, 0.25) is 0 Å². The molecule has 0 fully saturated rings. The molecule has 0 aliphatic carbocycles. The van der Waals surface area contributed by atoms with Gasteiger partial charge in [0.1, 0.15) is 0 Å². The number of fused-ring (bicyclic) bond motifs is 1. The number of ether oxygens (including phenoxy) is 1. The second kappa shape index (κ2) is 5.52. The van der Waals surface area contributed by atoms with Crippen LogP contribution < -0.4 is 16.0 Å². The summed E-state index contributed by atoms with van der Waals surface area (Å²) in [5.41, 5.74) is 0.320. The van der Waals surface area contributed by atoms with Crippen LogP contribution in [0.3, 0.4) is 0 Å². The van der Waals surface area contributed by atoms with Gasteiger partial charge in [0.25, 0.3) is 5.56 Å².